The average molecular weight is 295 g/mol. The third kappa shape index (κ3) is 5.72. The molecule has 0 aliphatic rings. The van der Waals surface area contributed by atoms with Crippen molar-refractivity contribution in [3.63, 3.8) is 0 Å². The highest BCUT2D eigenvalue weighted by molar-refractivity contribution is 7.98. The summed E-state index contributed by atoms with van der Waals surface area (Å²) in [6.45, 7) is 0. The van der Waals surface area contributed by atoms with Crippen LogP contribution in [0, 0.1) is 0 Å². The van der Waals surface area contributed by atoms with E-state index in [-0.39, 0.29) is 0 Å². The molecule has 1 aromatic rings. The molecule has 0 N–H and O–H groups in total. The lowest BCUT2D eigenvalue weighted by Gasteiger charge is -2.08. The molecule has 4 heteroatoms. The highest BCUT2D eigenvalue weighted by Gasteiger charge is 2.01. The van der Waals surface area contributed by atoms with E-state index in [1.807, 2.05) is 23.5 Å². The summed E-state index contributed by atoms with van der Waals surface area (Å²) in [5, 5.41) is 0. The van der Waals surface area contributed by atoms with Gasteiger partial charge in [-0.1, -0.05) is 24.3 Å². The summed E-state index contributed by atoms with van der Waals surface area (Å²) in [7, 11) is 0. The lowest BCUT2D eigenvalue weighted by molar-refractivity contribution is 1.27. The first-order valence-electron chi connectivity index (χ1n) is 5.22. The van der Waals surface area contributed by atoms with E-state index in [1.165, 1.54) is 11.1 Å². The van der Waals surface area contributed by atoms with Gasteiger partial charge in [-0.2, -0.15) is 23.5 Å². The van der Waals surface area contributed by atoms with Crippen LogP contribution in [0.3, 0.4) is 0 Å². The molecule has 0 radical (unpaired) electrons. The van der Waals surface area contributed by atoms with Crippen LogP contribution in [0.1, 0.15) is 11.1 Å². The Hall–Kier alpha value is 0.500. The van der Waals surface area contributed by atoms with Crippen molar-refractivity contribution in [3.8, 4) is 0 Å². The van der Waals surface area contributed by atoms with Crippen molar-refractivity contribution >= 4 is 46.7 Å². The molecule has 0 aliphatic heterocycles. The predicted octanol–water partition coefficient (Wildman–Crippen LogP) is 4.63. The van der Waals surface area contributed by atoms with Crippen molar-refractivity contribution in [1.82, 2.24) is 0 Å². The summed E-state index contributed by atoms with van der Waals surface area (Å²) < 4.78 is 0. The Kier molecular flexibility index (Phi) is 8.67. The molecule has 0 aromatic heterocycles. The molecule has 1 rings (SSSR count). The molecule has 0 fully saturated rings. The van der Waals surface area contributed by atoms with Gasteiger partial charge in [-0.15, -0.1) is 23.2 Å². The number of halogens is 2. The number of hydrogen-bond acceptors (Lipinski definition) is 2. The predicted molar refractivity (Wildman–Crippen MR) is 80.2 cm³/mol. The molecule has 0 saturated heterocycles. The molecule has 0 spiro atoms. The zero-order chi connectivity index (χ0) is 11.6. The molecule has 16 heavy (non-hydrogen) atoms. The normalized spacial score (nSPS) is 10.6. The number of benzene rings is 1. The fourth-order valence-corrected chi connectivity index (χ4v) is 3.48. The van der Waals surface area contributed by atoms with Crippen molar-refractivity contribution in [3.05, 3.63) is 35.4 Å². The van der Waals surface area contributed by atoms with E-state index in [0.29, 0.717) is 0 Å². The van der Waals surface area contributed by atoms with Crippen LogP contribution in [0.25, 0.3) is 0 Å². The van der Waals surface area contributed by atoms with Crippen molar-refractivity contribution in [1.29, 1.82) is 0 Å². The van der Waals surface area contributed by atoms with Gasteiger partial charge >= 0.3 is 0 Å². The maximum absolute atomic E-state index is 5.67. The van der Waals surface area contributed by atoms with Gasteiger partial charge in [0, 0.05) is 34.8 Å². The molecular weight excluding hydrogens is 279 g/mol. The number of rotatable bonds is 8. The smallest absolute Gasteiger partial charge is 0.0314 e. The Labute approximate surface area is 116 Å². The Morgan fingerprint density at radius 3 is 1.62 bits per heavy atom. The number of hydrogen-bond donors (Lipinski definition) is 0. The molecule has 0 saturated carbocycles. The number of alkyl halides is 2. The van der Waals surface area contributed by atoms with Gasteiger partial charge in [0.15, 0.2) is 0 Å². The standard InChI is InChI=1S/C12H16Cl2S2/c13-5-7-15-9-11-3-1-2-4-12(11)10-16-8-6-14/h1-4H,5-10H2. The third-order valence-electron chi connectivity index (χ3n) is 2.08. The minimum absolute atomic E-state index is 0.730. The van der Waals surface area contributed by atoms with Gasteiger partial charge in [0.25, 0.3) is 0 Å². The van der Waals surface area contributed by atoms with Crippen LogP contribution < -0.4 is 0 Å². The summed E-state index contributed by atoms with van der Waals surface area (Å²) >= 11 is 15.1. The third-order valence-corrected chi connectivity index (χ3v) is 4.92. The maximum atomic E-state index is 5.67. The van der Waals surface area contributed by atoms with Crippen molar-refractivity contribution < 1.29 is 0 Å². The van der Waals surface area contributed by atoms with Crippen LogP contribution >= 0.6 is 46.7 Å². The Morgan fingerprint density at radius 2 is 1.25 bits per heavy atom. The summed E-state index contributed by atoms with van der Waals surface area (Å²) in [5.74, 6) is 5.62. The Bertz CT molecular complexity index is 263. The van der Waals surface area contributed by atoms with Crippen molar-refractivity contribution in [2.45, 2.75) is 11.5 Å². The van der Waals surface area contributed by atoms with Crippen LogP contribution in [-0.4, -0.2) is 23.3 Å². The highest BCUT2D eigenvalue weighted by Crippen LogP contribution is 2.21. The molecule has 0 amide bonds. The van der Waals surface area contributed by atoms with Gasteiger partial charge in [-0.25, -0.2) is 0 Å². The molecular formula is C12H16Cl2S2. The molecule has 0 unspecified atom stereocenters. The van der Waals surface area contributed by atoms with Crippen LogP contribution in [0.2, 0.25) is 0 Å². The van der Waals surface area contributed by atoms with Crippen LogP contribution in [0.4, 0.5) is 0 Å². The second-order valence-corrected chi connectivity index (χ2v) is 6.22. The van der Waals surface area contributed by atoms with E-state index in [9.17, 15) is 0 Å². The molecule has 1 aromatic carbocycles. The summed E-state index contributed by atoms with van der Waals surface area (Å²) in [6.07, 6.45) is 0. The van der Waals surface area contributed by atoms with Crippen LogP contribution in [0.5, 0.6) is 0 Å². The van der Waals surface area contributed by atoms with Crippen molar-refractivity contribution in [2.75, 3.05) is 23.3 Å². The molecule has 0 aliphatic carbocycles. The zero-order valence-corrected chi connectivity index (χ0v) is 12.3. The highest BCUT2D eigenvalue weighted by atomic mass is 35.5. The van der Waals surface area contributed by atoms with Gasteiger partial charge in [0.2, 0.25) is 0 Å². The number of thioether (sulfide) groups is 2. The first-order chi connectivity index (χ1) is 7.88. The summed E-state index contributed by atoms with van der Waals surface area (Å²) in [5.41, 5.74) is 2.86. The van der Waals surface area contributed by atoms with Gasteiger partial charge < -0.3 is 0 Å². The second kappa shape index (κ2) is 9.52. The summed E-state index contributed by atoms with van der Waals surface area (Å²) in [6, 6.07) is 8.62. The molecule has 0 heterocycles. The SMILES string of the molecule is ClCCSCc1ccccc1CSCCCl. The van der Waals surface area contributed by atoms with Gasteiger partial charge in [0.05, 0.1) is 0 Å². The van der Waals surface area contributed by atoms with E-state index in [2.05, 4.69) is 24.3 Å². The lowest BCUT2D eigenvalue weighted by Crippen LogP contribution is -1.92. The fraction of sp³-hybridized carbons (Fsp3) is 0.500. The van der Waals surface area contributed by atoms with E-state index in [0.717, 1.165) is 34.8 Å². The van der Waals surface area contributed by atoms with Gasteiger partial charge in [-0.05, 0) is 11.1 Å². The topological polar surface area (TPSA) is 0 Å². The minimum Gasteiger partial charge on any atom is -0.156 e. The maximum Gasteiger partial charge on any atom is 0.0314 e. The minimum atomic E-state index is 0.730. The first-order valence-corrected chi connectivity index (χ1v) is 8.60. The lowest BCUT2D eigenvalue weighted by atomic mass is 10.1. The van der Waals surface area contributed by atoms with E-state index < -0.39 is 0 Å². The molecule has 0 bridgehead atoms. The van der Waals surface area contributed by atoms with E-state index >= 15 is 0 Å². The van der Waals surface area contributed by atoms with Gasteiger partial charge in [-0.3, -0.25) is 0 Å². The molecule has 90 valence electrons. The van der Waals surface area contributed by atoms with Gasteiger partial charge in [0.1, 0.15) is 0 Å². The van der Waals surface area contributed by atoms with Crippen LogP contribution in [-0.2, 0) is 11.5 Å². The Morgan fingerprint density at radius 1 is 0.812 bits per heavy atom. The average Bonchev–Trinajstić information content (AvgIpc) is 2.32. The van der Waals surface area contributed by atoms with Crippen LogP contribution in [0.15, 0.2) is 24.3 Å². The van der Waals surface area contributed by atoms with E-state index in [4.69, 9.17) is 23.2 Å². The largest absolute Gasteiger partial charge is 0.156 e. The second-order valence-electron chi connectivity index (χ2n) is 3.25. The van der Waals surface area contributed by atoms with E-state index in [1.54, 1.807) is 0 Å². The molecule has 0 atom stereocenters. The fourth-order valence-electron chi connectivity index (χ4n) is 1.31. The zero-order valence-electron chi connectivity index (χ0n) is 9.12. The molecule has 0 nitrogen and oxygen atoms in total. The quantitative estimate of drug-likeness (QED) is 0.506. The summed E-state index contributed by atoms with van der Waals surface area (Å²) in [4.78, 5) is 0. The monoisotopic (exact) mass is 294 g/mol. The first kappa shape index (κ1) is 14.6. The van der Waals surface area contributed by atoms with Crippen molar-refractivity contribution in [2.24, 2.45) is 0 Å². The Balaban J connectivity index is 2.46.